The summed E-state index contributed by atoms with van der Waals surface area (Å²) in [5.41, 5.74) is 11.1. The Morgan fingerprint density at radius 3 is 3.00 bits per heavy atom. The Bertz CT molecular complexity index is 1960. The lowest BCUT2D eigenvalue weighted by Crippen LogP contribution is -2.43. The highest BCUT2D eigenvalue weighted by atomic mass is 32.1. The maximum Gasteiger partial charge on any atom is 0.319 e. The van der Waals surface area contributed by atoms with Gasteiger partial charge < -0.3 is 20.5 Å². The molecule has 46 heavy (non-hydrogen) atoms. The molecule has 0 saturated carbocycles. The van der Waals surface area contributed by atoms with Crippen LogP contribution in [0.25, 0.3) is 32.1 Å². The maximum absolute atomic E-state index is 15.0. The zero-order valence-corrected chi connectivity index (χ0v) is 26.5. The van der Waals surface area contributed by atoms with Gasteiger partial charge in [-0.05, 0) is 79.1 Å². The minimum atomic E-state index is -0.865. The normalized spacial score (nSPS) is 25.7. The van der Waals surface area contributed by atoms with Crippen molar-refractivity contribution < 1.29 is 18.3 Å². The molecule has 2 aromatic carbocycles. The number of thiophene rings is 1. The number of halogens is 2. The Balaban J connectivity index is 1.30. The Hall–Kier alpha value is -3.76. The second kappa shape index (κ2) is 11.5. The molecule has 3 N–H and O–H groups in total. The topological polar surface area (TPSA) is 122 Å². The van der Waals surface area contributed by atoms with Gasteiger partial charge in [-0.25, -0.2) is 13.8 Å². The zero-order valence-electron chi connectivity index (χ0n) is 25.7. The number of anilines is 1. The molecule has 0 spiro atoms. The van der Waals surface area contributed by atoms with E-state index < -0.39 is 12.0 Å². The summed E-state index contributed by atoms with van der Waals surface area (Å²) in [6, 6.07) is 7.44. The van der Waals surface area contributed by atoms with E-state index in [0.29, 0.717) is 72.2 Å². The van der Waals surface area contributed by atoms with Gasteiger partial charge in [0.15, 0.2) is 5.82 Å². The molecule has 6 heterocycles. The number of ether oxygens (including phenoxy) is 2. The van der Waals surface area contributed by atoms with Crippen LogP contribution in [0.1, 0.15) is 55.7 Å². The van der Waals surface area contributed by atoms with E-state index in [-0.39, 0.29) is 22.1 Å². The van der Waals surface area contributed by atoms with Gasteiger partial charge >= 0.3 is 6.01 Å². The first-order valence-electron chi connectivity index (χ1n) is 16.0. The molecule has 2 unspecified atom stereocenters. The molecule has 3 atom stereocenters. The molecule has 0 aliphatic carbocycles. The molecule has 3 saturated heterocycles. The van der Waals surface area contributed by atoms with Gasteiger partial charge in [-0.2, -0.15) is 15.2 Å². The van der Waals surface area contributed by atoms with Crippen molar-refractivity contribution >= 4 is 48.9 Å². The third-order valence-electron chi connectivity index (χ3n) is 10.1. The number of hydrogen-bond donors (Lipinski definition) is 2. The molecule has 0 bridgehead atoms. The number of nitrogens with zero attached hydrogens (tertiary/aromatic N) is 5. The highest BCUT2D eigenvalue weighted by Crippen LogP contribution is 2.46. The lowest BCUT2D eigenvalue weighted by Gasteiger charge is -2.30. The summed E-state index contributed by atoms with van der Waals surface area (Å²) in [7, 11) is 0. The molecule has 4 aliphatic rings. The summed E-state index contributed by atoms with van der Waals surface area (Å²) in [6.07, 6.45) is 3.35. The number of alkyl halides is 1. The number of nitrogens with one attached hydrogen (secondary N) is 1. The van der Waals surface area contributed by atoms with E-state index >= 15 is 0 Å². The number of aliphatic imine (C=N–C) groups is 1. The molecule has 9 nitrogen and oxygen atoms in total. The van der Waals surface area contributed by atoms with Crippen molar-refractivity contribution in [3.63, 3.8) is 0 Å². The molecular weight excluding hydrogens is 608 g/mol. The van der Waals surface area contributed by atoms with Crippen LogP contribution in [0.4, 0.5) is 19.6 Å². The molecule has 2 aromatic heterocycles. The second-order valence-electron chi connectivity index (χ2n) is 13.2. The maximum atomic E-state index is 15.0. The van der Waals surface area contributed by atoms with Gasteiger partial charge in [0.25, 0.3) is 0 Å². The van der Waals surface area contributed by atoms with Crippen LogP contribution in [0.3, 0.4) is 0 Å². The fourth-order valence-electron chi connectivity index (χ4n) is 7.83. The quantitative estimate of drug-likeness (QED) is 0.265. The summed E-state index contributed by atoms with van der Waals surface area (Å²) in [5, 5.41) is 15.0. The fraction of sp³-hybridized carbons (Fsp3) is 0.471. The average molecular weight is 644 g/mol. The number of nitrogens with two attached hydrogens (primary N) is 1. The van der Waals surface area contributed by atoms with E-state index in [1.54, 1.807) is 6.07 Å². The van der Waals surface area contributed by atoms with Crippen LogP contribution in [0, 0.1) is 23.1 Å². The number of hydrogen-bond acceptors (Lipinski definition) is 10. The van der Waals surface area contributed by atoms with Crippen LogP contribution in [0.15, 0.2) is 23.2 Å². The number of fused-ring (bicyclic) bond motifs is 5. The highest BCUT2D eigenvalue weighted by molar-refractivity contribution is 7.23. The molecule has 4 aliphatic heterocycles. The highest BCUT2D eigenvalue weighted by Gasteiger charge is 2.49. The summed E-state index contributed by atoms with van der Waals surface area (Å²) in [6.45, 7) is 6.12. The predicted octanol–water partition coefficient (Wildman–Crippen LogP) is 6.18. The van der Waals surface area contributed by atoms with Crippen LogP contribution in [-0.4, -0.2) is 65.1 Å². The van der Waals surface area contributed by atoms with Gasteiger partial charge in [0.05, 0.1) is 39.9 Å². The van der Waals surface area contributed by atoms with Crippen LogP contribution in [-0.2, 0) is 18.0 Å². The van der Waals surface area contributed by atoms with E-state index in [9.17, 15) is 14.0 Å². The number of nitriles is 1. The second-order valence-corrected chi connectivity index (χ2v) is 14.2. The van der Waals surface area contributed by atoms with Crippen molar-refractivity contribution in [2.45, 2.75) is 64.0 Å². The zero-order chi connectivity index (χ0) is 31.6. The summed E-state index contributed by atoms with van der Waals surface area (Å²) in [4.78, 5) is 17.1. The average Bonchev–Trinajstić information content (AvgIpc) is 3.78. The molecule has 0 radical (unpaired) electrons. The summed E-state index contributed by atoms with van der Waals surface area (Å²) in [5.74, 6) is 0.651. The molecule has 238 valence electrons. The fourth-order valence-corrected chi connectivity index (χ4v) is 8.77. The van der Waals surface area contributed by atoms with Crippen molar-refractivity contribution in [1.82, 2.24) is 20.2 Å². The van der Waals surface area contributed by atoms with E-state index in [2.05, 4.69) is 23.2 Å². The minimum absolute atomic E-state index is 0.192. The number of rotatable bonds is 5. The standard InChI is InChI=1S/C34H35F2N7O2S/c1-18-3-4-20(13-39-12-18)40-32-29-25-16-44-15-24(25)22(21-5-6-26(36)30-28(21)23(11-37)31(38)46-30)9-27(29)41-33(42-32)45-17-34-7-2-8-43(34)14-19(35)10-34/h5-6,9,18-19,39H,2-4,7-8,10,12-17,38H2,1H3/t18?,19?,34-/m0/s1. The largest absolute Gasteiger partial charge is 0.461 e. The van der Waals surface area contributed by atoms with E-state index in [4.69, 9.17) is 30.2 Å². The van der Waals surface area contributed by atoms with E-state index in [1.165, 1.54) is 6.07 Å². The molecule has 4 aromatic rings. The van der Waals surface area contributed by atoms with Crippen LogP contribution < -0.4 is 15.8 Å². The van der Waals surface area contributed by atoms with Gasteiger partial charge in [-0.3, -0.25) is 4.90 Å². The summed E-state index contributed by atoms with van der Waals surface area (Å²) < 4.78 is 42.2. The van der Waals surface area contributed by atoms with Gasteiger partial charge in [0.2, 0.25) is 0 Å². The smallest absolute Gasteiger partial charge is 0.319 e. The third kappa shape index (κ3) is 4.92. The third-order valence-corrected chi connectivity index (χ3v) is 11.2. The molecule has 3 fully saturated rings. The van der Waals surface area contributed by atoms with Crippen LogP contribution in [0.2, 0.25) is 0 Å². The van der Waals surface area contributed by atoms with Gasteiger partial charge in [-0.15, -0.1) is 11.3 Å². The summed E-state index contributed by atoms with van der Waals surface area (Å²) >= 11 is 1.08. The molecule has 12 heteroatoms. The van der Waals surface area contributed by atoms with Crippen molar-refractivity contribution in [2.24, 2.45) is 10.9 Å². The Kier molecular flexibility index (Phi) is 7.40. The van der Waals surface area contributed by atoms with E-state index in [0.717, 1.165) is 77.9 Å². The predicted molar refractivity (Wildman–Crippen MR) is 175 cm³/mol. The Morgan fingerprint density at radius 2 is 2.13 bits per heavy atom. The number of aromatic nitrogens is 2. The van der Waals surface area contributed by atoms with Gasteiger partial charge in [-0.1, -0.05) is 13.0 Å². The lowest BCUT2D eigenvalue weighted by atomic mass is 9.91. The van der Waals surface area contributed by atoms with Crippen molar-refractivity contribution in [1.29, 1.82) is 5.26 Å². The van der Waals surface area contributed by atoms with Crippen LogP contribution in [0.5, 0.6) is 6.01 Å². The lowest BCUT2D eigenvalue weighted by molar-refractivity contribution is 0.107. The first kappa shape index (κ1) is 29.6. The Labute approximate surface area is 269 Å². The van der Waals surface area contributed by atoms with Crippen molar-refractivity contribution in [2.75, 3.05) is 38.5 Å². The molecule has 0 amide bonds. The first-order chi connectivity index (χ1) is 22.3. The Morgan fingerprint density at radius 1 is 1.26 bits per heavy atom. The SMILES string of the molecule is CC1CCC(=Nc2nc(OC[C@@]34CCCN3CC(F)C4)nc3cc(-c4ccc(F)c5sc(N)c(C#N)c45)c4c(c23)COC4)CNC1. The molecule has 8 rings (SSSR count). The number of benzene rings is 2. The molecular formula is C34H35F2N7O2S. The van der Waals surface area contributed by atoms with Gasteiger partial charge in [0, 0.05) is 30.6 Å². The first-order valence-corrected chi connectivity index (χ1v) is 16.8. The van der Waals surface area contributed by atoms with Crippen molar-refractivity contribution in [3.8, 4) is 23.2 Å². The number of nitrogen functional groups attached to an aromatic ring is 1. The monoisotopic (exact) mass is 643 g/mol. The van der Waals surface area contributed by atoms with Crippen molar-refractivity contribution in [3.05, 3.63) is 40.7 Å². The minimum Gasteiger partial charge on any atom is -0.461 e. The van der Waals surface area contributed by atoms with E-state index in [1.807, 2.05) is 6.07 Å². The van der Waals surface area contributed by atoms with Gasteiger partial charge in [0.1, 0.15) is 29.7 Å². The van der Waals surface area contributed by atoms with Crippen LogP contribution >= 0.6 is 11.3 Å².